The van der Waals surface area contributed by atoms with Crippen LogP contribution in [0.2, 0.25) is 0 Å². The third-order valence-corrected chi connectivity index (χ3v) is 5.79. The van der Waals surface area contributed by atoms with E-state index in [4.69, 9.17) is 9.15 Å². The van der Waals surface area contributed by atoms with Crippen molar-refractivity contribution >= 4 is 17.0 Å². The van der Waals surface area contributed by atoms with Crippen LogP contribution in [-0.4, -0.2) is 59.1 Å². The second kappa shape index (κ2) is 7.56. The molecule has 6 atom stereocenters. The van der Waals surface area contributed by atoms with Crippen LogP contribution in [0.15, 0.2) is 23.3 Å². The number of fused-ring (bicyclic) bond motifs is 1. The number of anilines is 1. The number of nitrogens with one attached hydrogen (secondary N) is 1. The van der Waals surface area contributed by atoms with E-state index in [1.807, 2.05) is 6.92 Å². The first-order valence-corrected chi connectivity index (χ1v) is 10.1. The molecule has 1 aliphatic carbocycles. The first-order chi connectivity index (χ1) is 14.6. The Kier molecular flexibility index (Phi) is 4.88. The van der Waals surface area contributed by atoms with Crippen LogP contribution in [0.5, 0.6) is 0 Å². The third-order valence-electron chi connectivity index (χ3n) is 5.79. The second-order valence-corrected chi connectivity index (χ2v) is 7.69. The molecule has 1 aliphatic heterocycles. The van der Waals surface area contributed by atoms with Crippen molar-refractivity contribution in [2.24, 2.45) is 0 Å². The summed E-state index contributed by atoms with van der Waals surface area (Å²) in [6.07, 6.45) is 1.83. The number of oxazole rings is 1. The maximum Gasteiger partial charge on any atom is 0.226 e. The maximum absolute atomic E-state index is 14.0. The number of halogens is 1. The fourth-order valence-corrected chi connectivity index (χ4v) is 4.11. The topological polar surface area (TPSA) is 131 Å². The highest BCUT2D eigenvalue weighted by molar-refractivity contribution is 5.82. The summed E-state index contributed by atoms with van der Waals surface area (Å²) in [5, 5.41) is 24.3. The van der Waals surface area contributed by atoms with Crippen LogP contribution < -0.4 is 5.32 Å². The molecule has 4 heterocycles. The van der Waals surface area contributed by atoms with Crippen molar-refractivity contribution in [2.75, 3.05) is 5.32 Å². The van der Waals surface area contributed by atoms with Gasteiger partial charge in [-0.1, -0.05) is 6.92 Å². The number of rotatable bonds is 5. The van der Waals surface area contributed by atoms with Gasteiger partial charge in [-0.2, -0.15) is 0 Å². The van der Waals surface area contributed by atoms with Crippen LogP contribution in [-0.2, 0) is 11.2 Å². The van der Waals surface area contributed by atoms with E-state index < -0.39 is 30.7 Å². The van der Waals surface area contributed by atoms with E-state index in [-0.39, 0.29) is 11.9 Å². The van der Waals surface area contributed by atoms with Crippen molar-refractivity contribution in [1.82, 2.24) is 24.5 Å². The lowest BCUT2D eigenvalue weighted by Gasteiger charge is -2.17. The number of aromatic nitrogens is 5. The Morgan fingerprint density at radius 1 is 1.20 bits per heavy atom. The van der Waals surface area contributed by atoms with Gasteiger partial charge in [-0.25, -0.2) is 24.3 Å². The quantitative estimate of drug-likeness (QED) is 0.566. The lowest BCUT2D eigenvalue weighted by molar-refractivity contribution is -0.0439. The zero-order chi connectivity index (χ0) is 20.8. The summed E-state index contributed by atoms with van der Waals surface area (Å²) in [5.74, 6) is 1.30. The summed E-state index contributed by atoms with van der Waals surface area (Å²) in [6.45, 7) is 1.92. The van der Waals surface area contributed by atoms with Crippen LogP contribution in [0, 0.1) is 0 Å². The average Bonchev–Trinajstić information content (AvgIpc) is 3.52. The molecular weight excluding hydrogens is 395 g/mol. The van der Waals surface area contributed by atoms with Crippen molar-refractivity contribution in [2.45, 2.75) is 69.4 Å². The molecule has 0 unspecified atom stereocenters. The predicted molar refractivity (Wildman–Crippen MR) is 102 cm³/mol. The number of imidazole rings is 1. The SMILES string of the molecule is CCc1cnc([C@H]2O[C@@H](n3cnc4c(N[C@H]5CCC[C@H]5F)ncnc43)[C@H](O)[C@@H]2O)o1. The van der Waals surface area contributed by atoms with Crippen LogP contribution in [0.25, 0.3) is 11.2 Å². The Labute approximate surface area is 171 Å². The van der Waals surface area contributed by atoms with E-state index in [2.05, 4.69) is 25.3 Å². The van der Waals surface area contributed by atoms with Gasteiger partial charge in [0.25, 0.3) is 0 Å². The normalized spacial score (nSPS) is 31.6. The largest absolute Gasteiger partial charge is 0.443 e. The van der Waals surface area contributed by atoms with Crippen molar-refractivity contribution in [3.8, 4) is 0 Å². The minimum Gasteiger partial charge on any atom is -0.443 e. The Hall–Kier alpha value is -2.63. The van der Waals surface area contributed by atoms with Crippen LogP contribution in [0.1, 0.15) is 50.2 Å². The second-order valence-electron chi connectivity index (χ2n) is 7.69. The summed E-state index contributed by atoms with van der Waals surface area (Å²) < 4.78 is 27.0. The molecule has 30 heavy (non-hydrogen) atoms. The fourth-order valence-electron chi connectivity index (χ4n) is 4.11. The lowest BCUT2D eigenvalue weighted by Crippen LogP contribution is -2.29. The molecule has 0 amide bonds. The monoisotopic (exact) mass is 418 g/mol. The number of hydrogen-bond acceptors (Lipinski definition) is 9. The van der Waals surface area contributed by atoms with Gasteiger partial charge in [0.1, 0.15) is 30.5 Å². The minimum atomic E-state index is -1.25. The van der Waals surface area contributed by atoms with Gasteiger partial charge in [0.15, 0.2) is 29.3 Å². The molecule has 0 bridgehead atoms. The van der Waals surface area contributed by atoms with Gasteiger partial charge in [-0.05, 0) is 19.3 Å². The van der Waals surface area contributed by atoms with E-state index in [9.17, 15) is 14.6 Å². The van der Waals surface area contributed by atoms with Crippen LogP contribution in [0.4, 0.5) is 10.2 Å². The first kappa shape index (κ1) is 19.3. The predicted octanol–water partition coefficient (Wildman–Crippen LogP) is 1.67. The number of alkyl halides is 1. The maximum atomic E-state index is 14.0. The van der Waals surface area contributed by atoms with Crippen LogP contribution in [0.3, 0.4) is 0 Å². The third kappa shape index (κ3) is 3.13. The summed E-state index contributed by atoms with van der Waals surface area (Å²) in [4.78, 5) is 17.0. The zero-order valence-electron chi connectivity index (χ0n) is 16.3. The summed E-state index contributed by atoms with van der Waals surface area (Å²) in [6, 6.07) is -0.314. The zero-order valence-corrected chi connectivity index (χ0v) is 16.3. The van der Waals surface area contributed by atoms with Gasteiger partial charge in [-0.3, -0.25) is 4.57 Å². The number of nitrogens with zero attached hydrogens (tertiary/aromatic N) is 5. The molecule has 5 rings (SSSR count). The molecule has 3 aromatic rings. The summed E-state index contributed by atoms with van der Waals surface area (Å²) in [5.41, 5.74) is 0.842. The van der Waals surface area contributed by atoms with Crippen molar-refractivity contribution < 1.29 is 23.8 Å². The fraction of sp³-hybridized carbons (Fsp3) is 0.579. The van der Waals surface area contributed by atoms with Gasteiger partial charge in [0.05, 0.1) is 18.6 Å². The van der Waals surface area contributed by atoms with Gasteiger partial charge >= 0.3 is 0 Å². The van der Waals surface area contributed by atoms with E-state index >= 15 is 0 Å². The molecule has 3 aromatic heterocycles. The minimum absolute atomic E-state index is 0.206. The first-order valence-electron chi connectivity index (χ1n) is 10.1. The molecule has 1 saturated carbocycles. The number of aryl methyl sites for hydroxylation is 1. The molecule has 3 N–H and O–H groups in total. The lowest BCUT2D eigenvalue weighted by atomic mass is 10.1. The van der Waals surface area contributed by atoms with E-state index in [0.29, 0.717) is 35.6 Å². The van der Waals surface area contributed by atoms with Gasteiger partial charge in [0, 0.05) is 6.42 Å². The Morgan fingerprint density at radius 3 is 2.80 bits per heavy atom. The number of aliphatic hydroxyl groups is 2. The molecule has 11 heteroatoms. The molecule has 10 nitrogen and oxygen atoms in total. The van der Waals surface area contributed by atoms with Gasteiger partial charge in [0.2, 0.25) is 5.89 Å². The van der Waals surface area contributed by atoms with E-state index in [1.165, 1.54) is 17.2 Å². The molecule has 0 aromatic carbocycles. The molecule has 0 radical (unpaired) electrons. The van der Waals surface area contributed by atoms with E-state index in [1.54, 1.807) is 6.20 Å². The van der Waals surface area contributed by atoms with Crippen molar-refractivity contribution in [1.29, 1.82) is 0 Å². The highest BCUT2D eigenvalue weighted by Crippen LogP contribution is 2.40. The highest BCUT2D eigenvalue weighted by Gasteiger charge is 2.47. The highest BCUT2D eigenvalue weighted by atomic mass is 19.1. The molecule has 1 saturated heterocycles. The van der Waals surface area contributed by atoms with Gasteiger partial charge in [-0.15, -0.1) is 0 Å². The van der Waals surface area contributed by atoms with Gasteiger partial charge < -0.3 is 24.7 Å². The number of ether oxygens (including phenoxy) is 1. The Morgan fingerprint density at radius 2 is 2.07 bits per heavy atom. The molecule has 2 aliphatic rings. The number of aliphatic hydroxyl groups excluding tert-OH is 2. The number of hydrogen-bond donors (Lipinski definition) is 3. The van der Waals surface area contributed by atoms with Crippen molar-refractivity contribution in [3.05, 3.63) is 30.5 Å². The smallest absolute Gasteiger partial charge is 0.226 e. The molecule has 160 valence electrons. The Bertz CT molecular complexity index is 1040. The molecular formula is C19H23FN6O4. The Balaban J connectivity index is 1.44. The molecule has 0 spiro atoms. The van der Waals surface area contributed by atoms with E-state index in [0.717, 1.165) is 12.8 Å². The average molecular weight is 418 g/mol. The van der Waals surface area contributed by atoms with Crippen molar-refractivity contribution in [3.63, 3.8) is 0 Å². The van der Waals surface area contributed by atoms with Crippen LogP contribution >= 0.6 is 0 Å². The molecule has 2 fully saturated rings. The summed E-state index contributed by atoms with van der Waals surface area (Å²) in [7, 11) is 0. The summed E-state index contributed by atoms with van der Waals surface area (Å²) >= 11 is 0. The standard InChI is InChI=1S/C19H23FN6O4/c1-2-9-6-21-18(29-9)15-13(27)14(28)19(30-15)26-8-24-12-16(22-7-23-17(12)26)25-11-5-3-4-10(11)20/h6-8,10-11,13-15,19,27-28H,2-5H2,1H3,(H,22,23,25)/t10-,11+,13+,14-,15+,19-/m1/s1.